The second kappa shape index (κ2) is 8.07. The number of halogens is 1. The molecule has 0 fully saturated rings. The van der Waals surface area contributed by atoms with Crippen LogP contribution in [0.2, 0.25) is 0 Å². The van der Waals surface area contributed by atoms with E-state index >= 15 is 0 Å². The van der Waals surface area contributed by atoms with Crippen molar-refractivity contribution >= 4 is 17.7 Å². The van der Waals surface area contributed by atoms with Gasteiger partial charge >= 0.3 is 0 Å². The van der Waals surface area contributed by atoms with Crippen LogP contribution in [0.5, 0.6) is 0 Å². The first-order valence-corrected chi connectivity index (χ1v) is 7.92. The van der Waals surface area contributed by atoms with E-state index in [1.54, 1.807) is 0 Å². The van der Waals surface area contributed by atoms with E-state index in [1.807, 2.05) is 0 Å². The molecular weight excluding hydrogens is 345 g/mol. The van der Waals surface area contributed by atoms with Crippen LogP contribution in [0.3, 0.4) is 0 Å². The SMILES string of the molecule is C[C@@H](NC(=O)C1=C[C@@H](NC(=O)c2cccc(F)c2)[C@@H](O)[C@H](O)C1)C(N)=O. The van der Waals surface area contributed by atoms with Crippen molar-refractivity contribution in [2.75, 3.05) is 0 Å². The molecule has 0 unspecified atom stereocenters. The Hall–Kier alpha value is -2.78. The molecule has 3 amide bonds. The molecule has 140 valence electrons. The number of hydrogen-bond acceptors (Lipinski definition) is 5. The fourth-order valence-electron chi connectivity index (χ4n) is 2.49. The second-order valence-corrected chi connectivity index (χ2v) is 6.06. The summed E-state index contributed by atoms with van der Waals surface area (Å²) in [5, 5.41) is 24.8. The van der Waals surface area contributed by atoms with Crippen LogP contribution >= 0.6 is 0 Å². The van der Waals surface area contributed by atoms with Crippen LogP contribution in [-0.4, -0.2) is 52.2 Å². The number of carbonyl (C=O) groups is 3. The highest BCUT2D eigenvalue weighted by molar-refractivity contribution is 5.97. The summed E-state index contributed by atoms with van der Waals surface area (Å²) in [5.41, 5.74) is 5.19. The molecule has 6 N–H and O–H groups in total. The fourth-order valence-corrected chi connectivity index (χ4v) is 2.49. The molecule has 0 aromatic heterocycles. The van der Waals surface area contributed by atoms with Crippen molar-refractivity contribution in [2.45, 2.75) is 37.6 Å². The van der Waals surface area contributed by atoms with Gasteiger partial charge in [-0.2, -0.15) is 0 Å². The molecule has 0 aliphatic heterocycles. The summed E-state index contributed by atoms with van der Waals surface area (Å²) in [4.78, 5) is 35.4. The van der Waals surface area contributed by atoms with Crippen molar-refractivity contribution in [1.29, 1.82) is 0 Å². The first-order chi connectivity index (χ1) is 12.2. The number of carbonyl (C=O) groups excluding carboxylic acids is 3. The van der Waals surface area contributed by atoms with Gasteiger partial charge in [0.15, 0.2) is 0 Å². The first kappa shape index (κ1) is 19.5. The van der Waals surface area contributed by atoms with Gasteiger partial charge in [0.25, 0.3) is 5.91 Å². The summed E-state index contributed by atoms with van der Waals surface area (Å²) in [6, 6.07) is 2.95. The average Bonchev–Trinajstić information content (AvgIpc) is 2.58. The topological polar surface area (TPSA) is 142 Å². The van der Waals surface area contributed by atoms with Crippen LogP contribution in [-0.2, 0) is 9.59 Å². The molecule has 2 rings (SSSR count). The van der Waals surface area contributed by atoms with Crippen molar-refractivity contribution in [3.05, 3.63) is 47.3 Å². The van der Waals surface area contributed by atoms with Gasteiger partial charge in [-0.3, -0.25) is 14.4 Å². The van der Waals surface area contributed by atoms with Crippen molar-refractivity contribution in [2.24, 2.45) is 5.73 Å². The number of benzene rings is 1. The van der Waals surface area contributed by atoms with E-state index in [0.29, 0.717) is 0 Å². The normalized spacial score (nSPS) is 23.5. The number of rotatable bonds is 5. The van der Waals surface area contributed by atoms with Crippen molar-refractivity contribution in [3.63, 3.8) is 0 Å². The molecule has 1 aliphatic rings. The molecule has 1 aromatic carbocycles. The molecule has 0 spiro atoms. The highest BCUT2D eigenvalue weighted by atomic mass is 19.1. The molecule has 8 nitrogen and oxygen atoms in total. The van der Waals surface area contributed by atoms with Gasteiger partial charge < -0.3 is 26.6 Å². The lowest BCUT2D eigenvalue weighted by Gasteiger charge is -2.31. The largest absolute Gasteiger partial charge is 0.390 e. The Morgan fingerprint density at radius 1 is 1.27 bits per heavy atom. The van der Waals surface area contributed by atoms with Gasteiger partial charge in [0, 0.05) is 17.6 Å². The summed E-state index contributed by atoms with van der Waals surface area (Å²) in [6.45, 7) is 1.40. The number of nitrogens with one attached hydrogen (secondary N) is 2. The van der Waals surface area contributed by atoms with Gasteiger partial charge in [-0.15, -0.1) is 0 Å². The zero-order valence-electron chi connectivity index (χ0n) is 14.0. The van der Waals surface area contributed by atoms with E-state index in [0.717, 1.165) is 6.07 Å². The summed E-state index contributed by atoms with van der Waals surface area (Å²) < 4.78 is 13.2. The molecule has 9 heteroatoms. The van der Waals surface area contributed by atoms with Crippen LogP contribution in [0.4, 0.5) is 4.39 Å². The lowest BCUT2D eigenvalue weighted by molar-refractivity contribution is -0.125. The van der Waals surface area contributed by atoms with Gasteiger partial charge in [-0.1, -0.05) is 12.1 Å². The zero-order valence-corrected chi connectivity index (χ0v) is 14.0. The molecular formula is C17H20FN3O5. The lowest BCUT2D eigenvalue weighted by Crippen LogP contribution is -2.51. The number of primary amides is 1. The van der Waals surface area contributed by atoms with E-state index in [-0.39, 0.29) is 17.6 Å². The van der Waals surface area contributed by atoms with Gasteiger partial charge in [0.05, 0.1) is 12.1 Å². The molecule has 0 radical (unpaired) electrons. The van der Waals surface area contributed by atoms with Crippen molar-refractivity contribution in [1.82, 2.24) is 10.6 Å². The second-order valence-electron chi connectivity index (χ2n) is 6.06. The van der Waals surface area contributed by atoms with Crippen LogP contribution in [0, 0.1) is 5.82 Å². The Bertz CT molecular complexity index is 752. The van der Waals surface area contributed by atoms with Crippen LogP contribution < -0.4 is 16.4 Å². The maximum Gasteiger partial charge on any atom is 0.251 e. The Morgan fingerprint density at radius 2 is 1.96 bits per heavy atom. The lowest BCUT2D eigenvalue weighted by atomic mass is 9.89. The van der Waals surface area contributed by atoms with Gasteiger partial charge in [0.2, 0.25) is 11.8 Å². The molecule has 0 heterocycles. The Kier molecular flexibility index (Phi) is 6.06. The highest BCUT2D eigenvalue weighted by Crippen LogP contribution is 2.20. The van der Waals surface area contributed by atoms with Gasteiger partial charge in [-0.25, -0.2) is 4.39 Å². The number of amides is 3. The van der Waals surface area contributed by atoms with Crippen molar-refractivity contribution in [3.8, 4) is 0 Å². The van der Waals surface area contributed by atoms with Crippen molar-refractivity contribution < 1.29 is 29.0 Å². The predicted octanol–water partition coefficient (Wildman–Crippen LogP) is -1.03. The van der Waals surface area contributed by atoms with E-state index < -0.39 is 47.8 Å². The smallest absolute Gasteiger partial charge is 0.251 e. The molecule has 1 aliphatic carbocycles. The van der Waals surface area contributed by atoms with Crippen LogP contribution in [0.25, 0.3) is 0 Å². The van der Waals surface area contributed by atoms with Gasteiger partial charge in [0.1, 0.15) is 18.0 Å². The Morgan fingerprint density at radius 3 is 2.58 bits per heavy atom. The van der Waals surface area contributed by atoms with Crippen LogP contribution in [0.1, 0.15) is 23.7 Å². The summed E-state index contributed by atoms with van der Waals surface area (Å²) >= 11 is 0. The summed E-state index contributed by atoms with van der Waals surface area (Å²) in [5.74, 6) is -2.65. The quantitative estimate of drug-likeness (QED) is 0.453. The minimum absolute atomic E-state index is 0.0269. The molecule has 1 aromatic rings. The Labute approximate surface area is 148 Å². The standard InChI is InChI=1S/C17H20FN3O5/c1-8(15(19)24)20-17(26)10-6-12(14(23)13(22)7-10)21-16(25)9-3-2-4-11(18)5-9/h2-6,8,12-14,22-23H,7H2,1H3,(H2,19,24)(H,20,26)(H,21,25)/t8-,12-,13-,14-/m1/s1. The minimum atomic E-state index is -1.35. The summed E-state index contributed by atoms with van der Waals surface area (Å²) in [7, 11) is 0. The first-order valence-electron chi connectivity index (χ1n) is 7.92. The molecule has 26 heavy (non-hydrogen) atoms. The third-order valence-electron chi connectivity index (χ3n) is 4.02. The average molecular weight is 365 g/mol. The maximum atomic E-state index is 13.2. The monoisotopic (exact) mass is 365 g/mol. The molecule has 4 atom stereocenters. The van der Waals surface area contributed by atoms with Crippen LogP contribution in [0.15, 0.2) is 35.9 Å². The third kappa shape index (κ3) is 4.64. The fraction of sp³-hybridized carbons (Fsp3) is 0.353. The van der Waals surface area contributed by atoms with Gasteiger partial charge in [-0.05, 0) is 25.1 Å². The zero-order chi connectivity index (χ0) is 19.4. The summed E-state index contributed by atoms with van der Waals surface area (Å²) in [6.07, 6.45) is -1.53. The molecule has 0 saturated heterocycles. The molecule has 0 bridgehead atoms. The predicted molar refractivity (Wildman–Crippen MR) is 89.2 cm³/mol. The number of aliphatic hydroxyl groups is 2. The van der Waals surface area contributed by atoms with E-state index in [1.165, 1.54) is 31.2 Å². The Balaban J connectivity index is 2.16. The van der Waals surface area contributed by atoms with E-state index in [4.69, 9.17) is 5.73 Å². The van der Waals surface area contributed by atoms with E-state index in [2.05, 4.69) is 10.6 Å². The third-order valence-corrected chi connectivity index (χ3v) is 4.02. The minimum Gasteiger partial charge on any atom is -0.390 e. The highest BCUT2D eigenvalue weighted by Gasteiger charge is 2.34. The van der Waals surface area contributed by atoms with E-state index in [9.17, 15) is 29.0 Å². The number of aliphatic hydroxyl groups excluding tert-OH is 2. The maximum absolute atomic E-state index is 13.2. The molecule has 0 saturated carbocycles. The number of nitrogens with two attached hydrogens (primary N) is 1. The number of hydrogen-bond donors (Lipinski definition) is 5.